The Kier molecular flexibility index (Phi) is 5.83. The van der Waals surface area contributed by atoms with E-state index in [2.05, 4.69) is 29.7 Å². The van der Waals surface area contributed by atoms with Crippen LogP contribution in [0.3, 0.4) is 0 Å². The van der Waals surface area contributed by atoms with Crippen molar-refractivity contribution in [3.05, 3.63) is 35.9 Å². The van der Waals surface area contributed by atoms with Gasteiger partial charge >= 0.3 is 0 Å². The minimum absolute atomic E-state index is 0.190. The topological polar surface area (TPSA) is 47.3 Å². The lowest BCUT2D eigenvalue weighted by Gasteiger charge is -2.34. The molecule has 0 radical (unpaired) electrons. The van der Waals surface area contributed by atoms with Crippen molar-refractivity contribution in [2.24, 2.45) is 11.8 Å². The van der Waals surface area contributed by atoms with Crippen LogP contribution in [0.5, 0.6) is 0 Å². The summed E-state index contributed by atoms with van der Waals surface area (Å²) in [4.78, 5) is 0. The zero-order chi connectivity index (χ0) is 13.5. The number of nitrogens with one attached hydrogen (secondary N) is 1. The molecule has 2 atom stereocenters. The van der Waals surface area contributed by atoms with Crippen LogP contribution >= 0.6 is 0 Å². The molecule has 3 N–H and O–H groups in total. The van der Waals surface area contributed by atoms with Crippen LogP contribution in [0.4, 0.5) is 0 Å². The van der Waals surface area contributed by atoms with Gasteiger partial charge in [-0.15, -0.1) is 0 Å². The van der Waals surface area contributed by atoms with E-state index in [1.54, 1.807) is 0 Å². The first-order chi connectivity index (χ1) is 9.35. The van der Waals surface area contributed by atoms with Crippen LogP contribution in [-0.4, -0.2) is 19.3 Å². The second kappa shape index (κ2) is 7.63. The molecule has 1 saturated carbocycles. The van der Waals surface area contributed by atoms with Crippen molar-refractivity contribution in [1.29, 1.82) is 0 Å². The third-order valence-corrected chi connectivity index (χ3v) is 4.30. The first-order valence-corrected chi connectivity index (χ1v) is 7.38. The summed E-state index contributed by atoms with van der Waals surface area (Å²) in [5.41, 5.74) is 4.28. The van der Waals surface area contributed by atoms with Crippen LogP contribution < -0.4 is 11.3 Å². The van der Waals surface area contributed by atoms with E-state index in [1.807, 2.05) is 13.2 Å². The molecule has 1 aliphatic rings. The average molecular weight is 262 g/mol. The van der Waals surface area contributed by atoms with E-state index in [9.17, 15) is 0 Å². The lowest BCUT2D eigenvalue weighted by molar-refractivity contribution is 0.00827. The highest BCUT2D eigenvalue weighted by atomic mass is 16.5. The third kappa shape index (κ3) is 4.03. The first kappa shape index (κ1) is 14.5. The lowest BCUT2D eigenvalue weighted by atomic mass is 9.81. The molecule has 106 valence electrons. The Hall–Kier alpha value is -0.900. The first-order valence-electron chi connectivity index (χ1n) is 7.38. The molecular formula is C16H26N2O. The number of rotatable bonds is 6. The number of ether oxygens (including phenoxy) is 1. The van der Waals surface area contributed by atoms with Gasteiger partial charge in [0.15, 0.2) is 0 Å². The fourth-order valence-corrected chi connectivity index (χ4v) is 3.29. The van der Waals surface area contributed by atoms with Crippen molar-refractivity contribution in [3.63, 3.8) is 0 Å². The van der Waals surface area contributed by atoms with Crippen LogP contribution in [0, 0.1) is 5.92 Å². The van der Waals surface area contributed by atoms with E-state index >= 15 is 0 Å². The van der Waals surface area contributed by atoms with E-state index in [-0.39, 0.29) is 12.1 Å². The van der Waals surface area contributed by atoms with Gasteiger partial charge in [-0.2, -0.15) is 0 Å². The number of benzene rings is 1. The summed E-state index contributed by atoms with van der Waals surface area (Å²) in [6, 6.07) is 10.7. The monoisotopic (exact) mass is 262 g/mol. The van der Waals surface area contributed by atoms with Crippen molar-refractivity contribution in [1.82, 2.24) is 5.43 Å². The Morgan fingerprint density at radius 3 is 2.47 bits per heavy atom. The predicted molar refractivity (Wildman–Crippen MR) is 78.6 cm³/mol. The highest BCUT2D eigenvalue weighted by Crippen LogP contribution is 2.29. The van der Waals surface area contributed by atoms with Gasteiger partial charge in [0.2, 0.25) is 0 Å². The highest BCUT2D eigenvalue weighted by Gasteiger charge is 2.30. The minimum Gasteiger partial charge on any atom is -0.379 e. The van der Waals surface area contributed by atoms with Crippen LogP contribution in [0.1, 0.15) is 37.7 Å². The average Bonchev–Trinajstić information content (AvgIpc) is 2.49. The second-order valence-corrected chi connectivity index (χ2v) is 5.56. The summed E-state index contributed by atoms with van der Waals surface area (Å²) in [7, 11) is 1.81. The van der Waals surface area contributed by atoms with Gasteiger partial charge in [0, 0.05) is 7.11 Å². The zero-order valence-electron chi connectivity index (χ0n) is 11.8. The van der Waals surface area contributed by atoms with E-state index in [0.29, 0.717) is 5.92 Å². The van der Waals surface area contributed by atoms with Crippen molar-refractivity contribution in [2.45, 2.75) is 50.7 Å². The molecule has 1 aromatic rings. The summed E-state index contributed by atoms with van der Waals surface area (Å²) in [5, 5.41) is 0. The maximum Gasteiger partial charge on any atom is 0.0769 e. The third-order valence-electron chi connectivity index (χ3n) is 4.30. The van der Waals surface area contributed by atoms with E-state index in [1.165, 1.54) is 37.7 Å². The maximum absolute atomic E-state index is 5.77. The van der Waals surface area contributed by atoms with E-state index in [4.69, 9.17) is 10.6 Å². The van der Waals surface area contributed by atoms with Crippen molar-refractivity contribution in [2.75, 3.05) is 7.11 Å². The Labute approximate surface area is 116 Å². The quantitative estimate of drug-likeness (QED) is 0.612. The largest absolute Gasteiger partial charge is 0.379 e. The molecule has 2 unspecified atom stereocenters. The van der Waals surface area contributed by atoms with Crippen molar-refractivity contribution < 1.29 is 4.74 Å². The zero-order valence-corrected chi connectivity index (χ0v) is 11.8. The molecule has 2 rings (SSSR count). The van der Waals surface area contributed by atoms with Gasteiger partial charge < -0.3 is 4.74 Å². The van der Waals surface area contributed by atoms with Crippen molar-refractivity contribution >= 4 is 0 Å². The Morgan fingerprint density at radius 1 is 1.21 bits per heavy atom. The number of hydrogen-bond acceptors (Lipinski definition) is 3. The molecule has 0 aromatic heterocycles. The normalized spacial score (nSPS) is 20.1. The van der Waals surface area contributed by atoms with Gasteiger partial charge in [0.1, 0.15) is 0 Å². The van der Waals surface area contributed by atoms with Crippen LogP contribution in [0.25, 0.3) is 0 Å². The number of hydrogen-bond donors (Lipinski definition) is 2. The van der Waals surface area contributed by atoms with Gasteiger partial charge in [0.05, 0.1) is 12.1 Å². The highest BCUT2D eigenvalue weighted by molar-refractivity contribution is 5.16. The van der Waals surface area contributed by atoms with E-state index in [0.717, 1.165) is 6.42 Å². The summed E-state index contributed by atoms with van der Waals surface area (Å²) in [6.45, 7) is 0. The molecule has 1 aromatic carbocycles. The summed E-state index contributed by atoms with van der Waals surface area (Å²) in [6.07, 6.45) is 7.70. The van der Waals surface area contributed by atoms with E-state index < -0.39 is 0 Å². The molecule has 0 amide bonds. The second-order valence-electron chi connectivity index (χ2n) is 5.56. The fourth-order valence-electron chi connectivity index (χ4n) is 3.29. The van der Waals surface area contributed by atoms with Gasteiger partial charge in [-0.1, -0.05) is 49.6 Å². The summed E-state index contributed by atoms with van der Waals surface area (Å²) in [5.74, 6) is 6.42. The Bertz CT molecular complexity index is 349. The molecule has 3 heteroatoms. The number of hydrazine groups is 1. The molecule has 0 saturated heterocycles. The predicted octanol–water partition coefficient (Wildman–Crippen LogP) is 2.66. The van der Waals surface area contributed by atoms with Crippen LogP contribution in [-0.2, 0) is 11.2 Å². The standard InChI is InChI=1S/C16H26N2O/c1-19-16(14-10-6-3-7-11-14)15(18-17)12-13-8-4-2-5-9-13/h2,4-5,8-9,14-16,18H,3,6-7,10-12,17H2,1H3. The van der Waals surface area contributed by atoms with Crippen molar-refractivity contribution in [3.8, 4) is 0 Å². The lowest BCUT2D eigenvalue weighted by Crippen LogP contribution is -2.49. The Balaban J connectivity index is 2.01. The molecule has 0 bridgehead atoms. The SMILES string of the molecule is COC(C1CCCCC1)C(Cc1ccccc1)NN. The fraction of sp³-hybridized carbons (Fsp3) is 0.625. The van der Waals surface area contributed by atoms with Gasteiger partial charge in [-0.25, -0.2) is 0 Å². The molecule has 0 spiro atoms. The van der Waals surface area contributed by atoms with Gasteiger partial charge in [0.25, 0.3) is 0 Å². The molecule has 0 heterocycles. The molecular weight excluding hydrogens is 236 g/mol. The molecule has 3 nitrogen and oxygen atoms in total. The molecule has 1 aliphatic carbocycles. The van der Waals surface area contributed by atoms with Crippen LogP contribution in [0.2, 0.25) is 0 Å². The summed E-state index contributed by atoms with van der Waals surface area (Å²) >= 11 is 0. The number of nitrogens with two attached hydrogens (primary N) is 1. The summed E-state index contributed by atoms with van der Waals surface area (Å²) < 4.78 is 5.77. The smallest absolute Gasteiger partial charge is 0.0769 e. The van der Waals surface area contributed by atoms with Gasteiger partial charge in [-0.3, -0.25) is 11.3 Å². The molecule has 1 fully saturated rings. The maximum atomic E-state index is 5.77. The number of methoxy groups -OCH3 is 1. The molecule has 0 aliphatic heterocycles. The minimum atomic E-state index is 0.190. The van der Waals surface area contributed by atoms with Crippen LogP contribution in [0.15, 0.2) is 30.3 Å². The Morgan fingerprint density at radius 2 is 1.89 bits per heavy atom. The van der Waals surface area contributed by atoms with Gasteiger partial charge in [-0.05, 0) is 30.7 Å². The molecule has 19 heavy (non-hydrogen) atoms.